The van der Waals surface area contributed by atoms with Crippen molar-refractivity contribution in [3.63, 3.8) is 0 Å². The third kappa shape index (κ3) is 12.2. The van der Waals surface area contributed by atoms with Crippen molar-refractivity contribution >= 4 is 17.7 Å². The zero-order chi connectivity index (χ0) is 42.3. The molecule has 0 aliphatic carbocycles. The van der Waals surface area contributed by atoms with Crippen molar-refractivity contribution in [1.29, 1.82) is 0 Å². The van der Waals surface area contributed by atoms with E-state index in [0.717, 1.165) is 6.08 Å². The lowest BCUT2D eigenvalue weighted by atomic mass is 9.73. The first-order valence-corrected chi connectivity index (χ1v) is 20.0. The highest BCUT2D eigenvalue weighted by molar-refractivity contribution is 5.88. The number of rotatable bonds is 12. The van der Waals surface area contributed by atoms with E-state index in [-0.39, 0.29) is 42.5 Å². The Morgan fingerprint density at radius 2 is 1.67 bits per heavy atom. The summed E-state index contributed by atoms with van der Waals surface area (Å²) in [6.45, 7) is 24.6. The molecule has 0 aromatic heterocycles. The number of likely N-dealkylation sites (N-methyl/N-ethyl adjacent to an activating group) is 1. The minimum atomic E-state index is -1.95. The van der Waals surface area contributed by atoms with Crippen LogP contribution in [0.4, 0.5) is 0 Å². The third-order valence-electron chi connectivity index (χ3n) is 11.9. The molecule has 2 fully saturated rings. The normalized spacial score (nSPS) is 40.9. The number of carbonyl (C=O) groups is 2. The van der Waals surface area contributed by atoms with Crippen molar-refractivity contribution in [2.75, 3.05) is 14.1 Å². The minimum absolute atomic E-state index is 0.0114. The molecule has 5 N–H and O–H groups in total. The molecule has 17 atom stereocenters. The minimum Gasteiger partial charge on any atom is -0.459 e. The molecule has 0 aromatic carbocycles. The van der Waals surface area contributed by atoms with Crippen LogP contribution in [0.15, 0.2) is 17.8 Å². The summed E-state index contributed by atoms with van der Waals surface area (Å²) in [5, 5.41) is 61.1. The number of carbonyl (C=O) groups excluding carboxylic acids is 2. The number of cyclic esters (lactones) is 1. The van der Waals surface area contributed by atoms with Gasteiger partial charge in [-0.05, 0) is 86.2 Å². The van der Waals surface area contributed by atoms with Gasteiger partial charge in [-0.2, -0.15) is 0 Å². The lowest BCUT2D eigenvalue weighted by molar-refractivity contribution is -0.300. The third-order valence-corrected chi connectivity index (χ3v) is 11.9. The Balaban J connectivity index is 2.76. The zero-order valence-electron chi connectivity index (χ0n) is 35.8. The van der Waals surface area contributed by atoms with Crippen LogP contribution in [0, 0.1) is 35.5 Å². The highest BCUT2D eigenvalue weighted by Gasteiger charge is 2.51. The summed E-state index contributed by atoms with van der Waals surface area (Å²) in [7, 11) is 3.72. The van der Waals surface area contributed by atoms with Gasteiger partial charge < -0.3 is 54.2 Å². The van der Waals surface area contributed by atoms with Gasteiger partial charge in [-0.1, -0.05) is 60.2 Å². The van der Waals surface area contributed by atoms with Crippen molar-refractivity contribution in [2.45, 2.75) is 181 Å². The van der Waals surface area contributed by atoms with Gasteiger partial charge in [-0.15, -0.1) is 0 Å². The maximum Gasteiger partial charge on any atom is 0.330 e. The maximum atomic E-state index is 14.2. The molecule has 2 aliphatic heterocycles. The van der Waals surface area contributed by atoms with Crippen LogP contribution in [0.5, 0.6) is 0 Å². The Hall–Kier alpha value is -2.17. The van der Waals surface area contributed by atoms with Crippen molar-refractivity contribution in [3.8, 4) is 0 Å². The molecule has 2 unspecified atom stereocenters. The second-order valence-corrected chi connectivity index (χ2v) is 17.5. The molecule has 2 aliphatic rings. The molecule has 2 rings (SSSR count). The second kappa shape index (κ2) is 20.5. The molecule has 2 saturated heterocycles. The Morgan fingerprint density at radius 1 is 1.07 bits per heavy atom. The zero-order valence-corrected chi connectivity index (χ0v) is 35.8. The van der Waals surface area contributed by atoms with Gasteiger partial charge in [-0.3, -0.25) is 4.79 Å². The molecule has 14 nitrogen and oxygen atoms in total. The van der Waals surface area contributed by atoms with Gasteiger partial charge in [0.2, 0.25) is 0 Å². The van der Waals surface area contributed by atoms with Crippen molar-refractivity contribution in [3.05, 3.63) is 12.7 Å². The quantitative estimate of drug-likeness (QED) is 0.0813. The van der Waals surface area contributed by atoms with Crippen LogP contribution >= 0.6 is 0 Å². The first-order chi connectivity index (χ1) is 25.3. The molecule has 0 bridgehead atoms. The first-order valence-electron chi connectivity index (χ1n) is 20.0. The van der Waals surface area contributed by atoms with Crippen LogP contribution in [0.1, 0.15) is 109 Å². The van der Waals surface area contributed by atoms with Crippen LogP contribution in [-0.4, -0.2) is 135 Å². The van der Waals surface area contributed by atoms with E-state index in [2.05, 4.69) is 11.7 Å². The molecule has 0 aromatic rings. The van der Waals surface area contributed by atoms with Gasteiger partial charge in [0.05, 0.1) is 47.8 Å². The molecule has 2 heterocycles. The van der Waals surface area contributed by atoms with Crippen LogP contribution in [0.2, 0.25) is 0 Å². The number of aliphatic hydroxyl groups is 4. The van der Waals surface area contributed by atoms with E-state index >= 15 is 0 Å². The van der Waals surface area contributed by atoms with Gasteiger partial charge >= 0.3 is 11.9 Å². The summed E-state index contributed by atoms with van der Waals surface area (Å²) in [6.07, 6.45) is -6.08. The number of aliphatic hydroxyl groups excluding tert-OH is 2. The number of hydrogen-bond acceptors (Lipinski definition) is 14. The van der Waals surface area contributed by atoms with Crippen LogP contribution < -0.4 is 0 Å². The van der Waals surface area contributed by atoms with Crippen LogP contribution in [0.25, 0.3) is 0 Å². The summed E-state index contributed by atoms with van der Waals surface area (Å²) in [5.41, 5.74) is -3.57. The van der Waals surface area contributed by atoms with E-state index in [1.807, 2.05) is 53.6 Å². The van der Waals surface area contributed by atoms with Gasteiger partial charge in [0.25, 0.3) is 0 Å². The van der Waals surface area contributed by atoms with Crippen molar-refractivity contribution in [2.24, 2.45) is 40.7 Å². The Morgan fingerprint density at radius 3 is 2.18 bits per heavy atom. The first kappa shape index (κ1) is 49.0. The van der Waals surface area contributed by atoms with Crippen LogP contribution in [0.3, 0.4) is 0 Å². The lowest BCUT2D eigenvalue weighted by Gasteiger charge is -2.48. The number of esters is 2. The smallest absolute Gasteiger partial charge is 0.330 e. The predicted molar refractivity (Wildman–Crippen MR) is 208 cm³/mol. The van der Waals surface area contributed by atoms with E-state index in [4.69, 9.17) is 23.7 Å². The number of hydrogen-bond donors (Lipinski definition) is 5. The summed E-state index contributed by atoms with van der Waals surface area (Å²) in [4.78, 5) is 28.3. The summed E-state index contributed by atoms with van der Waals surface area (Å²) < 4.78 is 31.3. The fourth-order valence-corrected chi connectivity index (χ4v) is 8.91. The molecule has 14 heteroatoms. The summed E-state index contributed by atoms with van der Waals surface area (Å²) in [6, 6.07) is -0.313. The largest absolute Gasteiger partial charge is 0.459 e. The van der Waals surface area contributed by atoms with Crippen molar-refractivity contribution < 1.29 is 58.9 Å². The van der Waals surface area contributed by atoms with Crippen molar-refractivity contribution in [1.82, 2.24) is 4.90 Å². The lowest BCUT2D eigenvalue weighted by Crippen LogP contribution is -2.60. The Labute approximate surface area is 329 Å². The molecular weight excluding hydrogens is 712 g/mol. The molecule has 320 valence electrons. The van der Waals surface area contributed by atoms with E-state index in [0.29, 0.717) is 12.8 Å². The number of ether oxygens (including phenoxy) is 5. The van der Waals surface area contributed by atoms with E-state index in [1.165, 1.54) is 6.92 Å². The SMILES string of the molecule is C=CC(=O)O[C@@H](C(C)C)C(C)C[C@@H](C)O[C@H]1[C@H](C)[C@@H](O[C@@H]2OC(C)C[C@H](N(C)C)[C@H]2O)[C@](C)(O)C[C@@H](C)/C(=N\O)[C@H](C)[C@@H](O)[C@](C)(O)[C@@H](CC)OC(=O)[C@@H]1C. The Bertz CT molecular complexity index is 1270. The molecular formula is C41H74N2O12. The predicted octanol–water partition coefficient (Wildman–Crippen LogP) is 4.31. The van der Waals surface area contributed by atoms with E-state index in [1.54, 1.807) is 41.5 Å². The Kier molecular flexibility index (Phi) is 18.3. The maximum absolute atomic E-state index is 14.2. The fraction of sp³-hybridized carbons (Fsp3) is 0.878. The number of oxime groups is 1. The second-order valence-electron chi connectivity index (χ2n) is 17.5. The molecule has 0 amide bonds. The molecule has 55 heavy (non-hydrogen) atoms. The highest BCUT2D eigenvalue weighted by atomic mass is 16.7. The summed E-state index contributed by atoms with van der Waals surface area (Å²) >= 11 is 0. The average Bonchev–Trinajstić information content (AvgIpc) is 3.09. The van der Waals surface area contributed by atoms with Gasteiger partial charge in [-0.25, -0.2) is 4.79 Å². The van der Waals surface area contributed by atoms with E-state index in [9.17, 15) is 35.2 Å². The van der Waals surface area contributed by atoms with Gasteiger partial charge in [0, 0.05) is 29.9 Å². The summed E-state index contributed by atoms with van der Waals surface area (Å²) in [5.74, 6) is -4.75. The van der Waals surface area contributed by atoms with Gasteiger partial charge in [0.15, 0.2) is 6.29 Å². The monoisotopic (exact) mass is 787 g/mol. The fourth-order valence-electron chi connectivity index (χ4n) is 8.91. The van der Waals surface area contributed by atoms with E-state index < -0.39 is 95.8 Å². The number of nitrogens with zero attached hydrogens (tertiary/aromatic N) is 2. The topological polar surface area (TPSA) is 197 Å². The molecule has 0 radical (unpaired) electrons. The highest BCUT2D eigenvalue weighted by Crippen LogP contribution is 2.39. The molecule has 0 spiro atoms. The standard InChI is InChI=1S/C41H74N2O12/c1-16-30-41(13,49)36(46)26(9)32(42-50)23(6)20-40(12,48)37(55-39-33(45)29(43(14)15)19-25(8)52-39)27(10)35(28(11)38(47)53-30)51-24(7)18-22(5)34(21(3)4)54-31(44)17-2/h17,21-30,33-37,39,45-46,48-50H,2,16,18-20H2,1,3-15H3/b42-32+/t22?,23-,24-,25?,26+,27+,28-,29+,30-,33-,34+,35+,36-,37-,39+,40-,41-/m1/s1. The average molecular weight is 787 g/mol. The van der Waals surface area contributed by atoms with Crippen LogP contribution in [-0.2, 0) is 33.3 Å². The molecule has 0 saturated carbocycles. The van der Waals surface area contributed by atoms with Gasteiger partial charge in [0.1, 0.15) is 23.9 Å².